The van der Waals surface area contributed by atoms with E-state index in [1.54, 1.807) is 32.2 Å². The number of carbonyl (C=O) groups excluding carboxylic acids is 1. The molecule has 2 aromatic carbocycles. The number of halogens is 3. The summed E-state index contributed by atoms with van der Waals surface area (Å²) >= 11 is 0. The molecular formula is C26H23F3N4O4S. The average Bonchev–Trinajstić information content (AvgIpc) is 3.33. The van der Waals surface area contributed by atoms with Crippen LogP contribution in [0.15, 0.2) is 72.0 Å². The predicted molar refractivity (Wildman–Crippen MR) is 134 cm³/mol. The van der Waals surface area contributed by atoms with Gasteiger partial charge in [0.25, 0.3) is 10.0 Å². The maximum absolute atomic E-state index is 16.2. The number of aromatic nitrogens is 3. The Morgan fingerprint density at radius 1 is 1.05 bits per heavy atom. The number of anilines is 1. The van der Waals surface area contributed by atoms with Gasteiger partial charge in [-0.2, -0.15) is 9.40 Å². The van der Waals surface area contributed by atoms with Gasteiger partial charge in [-0.3, -0.25) is 9.67 Å². The molecule has 4 rings (SSSR count). The zero-order valence-corrected chi connectivity index (χ0v) is 21.3. The minimum absolute atomic E-state index is 0.0681. The molecule has 0 saturated carbocycles. The molecule has 12 heteroatoms. The second-order valence-corrected chi connectivity index (χ2v) is 9.87. The summed E-state index contributed by atoms with van der Waals surface area (Å²) < 4.78 is 78.8. The molecule has 2 heterocycles. The minimum Gasteiger partial charge on any atom is -0.448 e. The fraction of sp³-hybridized carbons (Fsp3) is 0.192. The van der Waals surface area contributed by atoms with Gasteiger partial charge in [0.15, 0.2) is 5.82 Å². The number of sulfonamides is 1. The number of ether oxygens (including phenoxy) is 1. The lowest BCUT2D eigenvalue weighted by Crippen LogP contribution is -2.38. The first-order chi connectivity index (χ1) is 18.2. The Hall–Kier alpha value is -4.19. The lowest BCUT2D eigenvalue weighted by atomic mass is 10.0. The van der Waals surface area contributed by atoms with E-state index in [2.05, 4.69) is 10.1 Å². The average molecular weight is 545 g/mol. The van der Waals surface area contributed by atoms with Crippen molar-refractivity contribution in [1.29, 1.82) is 0 Å². The van der Waals surface area contributed by atoms with Gasteiger partial charge >= 0.3 is 6.09 Å². The SMILES string of the molecule is CCCOC(=O)N(c1ccc(F)c(-c2nn(CC)cc2-c2ccncc2)c1F)S(=O)(=O)c1cccc(F)c1. The van der Waals surface area contributed by atoms with E-state index < -0.39 is 49.7 Å². The smallest absolute Gasteiger partial charge is 0.428 e. The van der Waals surface area contributed by atoms with E-state index in [0.29, 0.717) is 30.2 Å². The third kappa shape index (κ3) is 5.12. The molecule has 0 bridgehead atoms. The standard InChI is InChI=1S/C26H23F3N4O4S/c1-3-14-37-26(34)33(38(35,36)19-7-5-6-18(27)15-19)22-9-8-21(28)23(24(22)29)25-20(16-32(4-2)31-25)17-10-12-30-13-11-17/h5-13,15-16H,3-4,14H2,1-2H3. The highest BCUT2D eigenvalue weighted by Gasteiger charge is 2.36. The van der Waals surface area contributed by atoms with Gasteiger partial charge in [0.05, 0.1) is 17.1 Å². The number of rotatable bonds is 8. The number of aryl methyl sites for hydroxylation is 1. The van der Waals surface area contributed by atoms with Crippen LogP contribution in [0.25, 0.3) is 22.4 Å². The van der Waals surface area contributed by atoms with E-state index in [1.165, 1.54) is 17.1 Å². The maximum atomic E-state index is 16.2. The lowest BCUT2D eigenvalue weighted by Gasteiger charge is -2.23. The highest BCUT2D eigenvalue weighted by molar-refractivity contribution is 7.93. The van der Waals surface area contributed by atoms with E-state index in [-0.39, 0.29) is 16.6 Å². The fourth-order valence-corrected chi connectivity index (χ4v) is 5.10. The van der Waals surface area contributed by atoms with Gasteiger partial charge < -0.3 is 4.74 Å². The van der Waals surface area contributed by atoms with Gasteiger partial charge in [0.1, 0.15) is 23.0 Å². The van der Waals surface area contributed by atoms with Crippen LogP contribution in [0.5, 0.6) is 0 Å². The van der Waals surface area contributed by atoms with Crippen molar-refractivity contribution in [2.24, 2.45) is 0 Å². The van der Waals surface area contributed by atoms with Crippen molar-refractivity contribution in [3.63, 3.8) is 0 Å². The van der Waals surface area contributed by atoms with E-state index in [9.17, 15) is 17.6 Å². The van der Waals surface area contributed by atoms with E-state index in [0.717, 1.165) is 30.3 Å². The van der Waals surface area contributed by atoms with Crippen molar-refractivity contribution >= 4 is 21.8 Å². The van der Waals surface area contributed by atoms with Gasteiger partial charge in [-0.1, -0.05) is 13.0 Å². The van der Waals surface area contributed by atoms with Crippen LogP contribution < -0.4 is 4.31 Å². The summed E-state index contributed by atoms with van der Waals surface area (Å²) in [7, 11) is -4.88. The monoisotopic (exact) mass is 544 g/mol. The van der Waals surface area contributed by atoms with E-state index >= 15 is 8.78 Å². The molecule has 8 nitrogen and oxygen atoms in total. The molecule has 0 aliphatic rings. The maximum Gasteiger partial charge on any atom is 0.428 e. The van der Waals surface area contributed by atoms with Gasteiger partial charge in [0.2, 0.25) is 0 Å². The van der Waals surface area contributed by atoms with Crippen molar-refractivity contribution in [2.45, 2.75) is 31.7 Å². The first-order valence-electron chi connectivity index (χ1n) is 11.6. The number of carbonyl (C=O) groups is 1. The third-order valence-electron chi connectivity index (χ3n) is 5.53. The number of benzene rings is 2. The molecule has 0 aliphatic carbocycles. The highest BCUT2D eigenvalue weighted by Crippen LogP contribution is 2.39. The molecule has 38 heavy (non-hydrogen) atoms. The lowest BCUT2D eigenvalue weighted by molar-refractivity contribution is 0.157. The third-order valence-corrected chi connectivity index (χ3v) is 7.21. The molecule has 198 valence electrons. The Bertz CT molecular complexity index is 1580. The summed E-state index contributed by atoms with van der Waals surface area (Å²) in [5.74, 6) is -3.29. The van der Waals surface area contributed by atoms with Crippen molar-refractivity contribution < 1.29 is 31.1 Å². The topological polar surface area (TPSA) is 94.4 Å². The van der Waals surface area contributed by atoms with Crippen LogP contribution in [0.4, 0.5) is 23.7 Å². The zero-order chi connectivity index (χ0) is 27.4. The minimum atomic E-state index is -4.88. The Balaban J connectivity index is 1.96. The molecule has 0 aliphatic heterocycles. The van der Waals surface area contributed by atoms with Crippen LogP contribution >= 0.6 is 0 Å². The van der Waals surface area contributed by atoms with Crippen LogP contribution in [-0.4, -0.2) is 35.9 Å². The van der Waals surface area contributed by atoms with Crippen LogP contribution in [0.1, 0.15) is 20.3 Å². The summed E-state index contributed by atoms with van der Waals surface area (Å²) in [5, 5.41) is 4.31. The van der Waals surface area contributed by atoms with Crippen LogP contribution in [0.2, 0.25) is 0 Å². The number of pyridine rings is 1. The zero-order valence-electron chi connectivity index (χ0n) is 20.4. The van der Waals surface area contributed by atoms with Crippen molar-refractivity contribution in [3.05, 3.63) is 84.6 Å². The molecule has 4 aromatic rings. The van der Waals surface area contributed by atoms with Gasteiger partial charge in [-0.05, 0) is 61.4 Å². The fourth-order valence-electron chi connectivity index (χ4n) is 3.73. The molecule has 0 fully saturated rings. The highest BCUT2D eigenvalue weighted by atomic mass is 32.2. The van der Waals surface area contributed by atoms with Crippen molar-refractivity contribution in [1.82, 2.24) is 14.8 Å². The van der Waals surface area contributed by atoms with E-state index in [1.807, 2.05) is 0 Å². The van der Waals surface area contributed by atoms with Crippen molar-refractivity contribution in [3.8, 4) is 22.4 Å². The number of hydrogen-bond donors (Lipinski definition) is 0. The molecule has 1 amide bonds. The molecule has 0 radical (unpaired) electrons. The first kappa shape index (κ1) is 26.9. The van der Waals surface area contributed by atoms with Gasteiger partial charge in [-0.25, -0.2) is 26.4 Å². The molecule has 0 N–H and O–H groups in total. The molecule has 2 aromatic heterocycles. The Labute approximate surface area is 217 Å². The molecule has 0 unspecified atom stereocenters. The molecular weight excluding hydrogens is 521 g/mol. The van der Waals surface area contributed by atoms with Gasteiger partial charge in [-0.15, -0.1) is 0 Å². The molecule has 0 atom stereocenters. The summed E-state index contributed by atoms with van der Waals surface area (Å²) in [6, 6.07) is 8.76. The Morgan fingerprint density at radius 3 is 2.45 bits per heavy atom. The normalized spacial score (nSPS) is 11.4. The van der Waals surface area contributed by atoms with Crippen LogP contribution in [-0.2, 0) is 21.3 Å². The largest absolute Gasteiger partial charge is 0.448 e. The van der Waals surface area contributed by atoms with E-state index in [4.69, 9.17) is 4.74 Å². The van der Waals surface area contributed by atoms with Crippen LogP contribution in [0.3, 0.4) is 0 Å². The summed E-state index contributed by atoms with van der Waals surface area (Å²) in [4.78, 5) is 16.3. The molecule has 0 saturated heterocycles. The number of nitrogens with zero attached hydrogens (tertiary/aromatic N) is 4. The summed E-state index contributed by atoms with van der Waals surface area (Å²) in [6.45, 7) is 3.68. The number of hydrogen-bond acceptors (Lipinski definition) is 6. The van der Waals surface area contributed by atoms with Crippen LogP contribution in [0, 0.1) is 17.5 Å². The second-order valence-electron chi connectivity index (χ2n) is 8.08. The Kier molecular flexibility index (Phi) is 7.81. The predicted octanol–water partition coefficient (Wildman–Crippen LogP) is 5.79. The second kappa shape index (κ2) is 11.1. The quantitative estimate of drug-likeness (QED) is 0.279. The van der Waals surface area contributed by atoms with Gasteiger partial charge in [0, 0.05) is 30.7 Å². The number of amides is 1. The summed E-state index contributed by atoms with van der Waals surface area (Å²) in [5.41, 5.74) is -0.648. The first-order valence-corrected chi connectivity index (χ1v) is 13.1. The Morgan fingerprint density at radius 2 is 1.79 bits per heavy atom. The summed E-state index contributed by atoms with van der Waals surface area (Å²) in [6.07, 6.45) is 3.51. The molecule has 0 spiro atoms. The van der Waals surface area contributed by atoms with Crippen molar-refractivity contribution in [2.75, 3.05) is 10.9 Å².